The van der Waals surface area contributed by atoms with Crippen molar-refractivity contribution in [3.8, 4) is 0 Å². The summed E-state index contributed by atoms with van der Waals surface area (Å²) in [5.41, 5.74) is 6.45. The van der Waals surface area contributed by atoms with E-state index in [4.69, 9.17) is 5.73 Å². The molecule has 1 unspecified atom stereocenters. The van der Waals surface area contributed by atoms with Gasteiger partial charge in [-0.2, -0.15) is 0 Å². The molecule has 0 amide bonds. The molecule has 2 fully saturated rings. The van der Waals surface area contributed by atoms with Crippen LogP contribution >= 0.6 is 0 Å². The fourth-order valence-corrected chi connectivity index (χ4v) is 3.88. The van der Waals surface area contributed by atoms with Crippen molar-refractivity contribution in [2.45, 2.75) is 89.5 Å². The molecule has 2 N–H and O–H groups in total. The summed E-state index contributed by atoms with van der Waals surface area (Å²) in [6.07, 6.45) is 18.7. The van der Waals surface area contributed by atoms with Crippen molar-refractivity contribution in [2.24, 2.45) is 17.6 Å². The van der Waals surface area contributed by atoms with Gasteiger partial charge in [-0.3, -0.25) is 0 Å². The summed E-state index contributed by atoms with van der Waals surface area (Å²) in [4.78, 5) is 0. The molecule has 0 radical (unpaired) electrons. The van der Waals surface area contributed by atoms with Crippen molar-refractivity contribution >= 4 is 0 Å². The van der Waals surface area contributed by atoms with Crippen LogP contribution in [0.1, 0.15) is 83.5 Å². The van der Waals surface area contributed by atoms with Crippen LogP contribution in [0.25, 0.3) is 0 Å². The minimum absolute atomic E-state index is 0.508. The maximum absolute atomic E-state index is 6.45. The Balaban J connectivity index is 1.67. The van der Waals surface area contributed by atoms with Gasteiger partial charge in [-0.15, -0.1) is 0 Å². The maximum Gasteiger partial charge on any atom is 0.00672 e. The van der Waals surface area contributed by atoms with Gasteiger partial charge < -0.3 is 5.73 Å². The van der Waals surface area contributed by atoms with E-state index in [9.17, 15) is 0 Å². The molecule has 0 bridgehead atoms. The Morgan fingerprint density at radius 3 is 1.94 bits per heavy atom. The number of rotatable bonds is 4. The summed E-state index contributed by atoms with van der Waals surface area (Å²) in [6.45, 7) is 0. The molecule has 0 aromatic carbocycles. The van der Waals surface area contributed by atoms with Crippen LogP contribution in [-0.2, 0) is 0 Å². The first-order valence-electron chi connectivity index (χ1n) is 8.12. The maximum atomic E-state index is 6.45. The lowest BCUT2D eigenvalue weighted by Crippen LogP contribution is -2.31. The summed E-state index contributed by atoms with van der Waals surface area (Å²) in [7, 11) is 0. The topological polar surface area (TPSA) is 26.0 Å². The molecule has 0 saturated heterocycles. The highest BCUT2D eigenvalue weighted by molar-refractivity contribution is 4.77. The molecule has 17 heavy (non-hydrogen) atoms. The Morgan fingerprint density at radius 1 is 0.765 bits per heavy atom. The van der Waals surface area contributed by atoms with Gasteiger partial charge in [-0.1, -0.05) is 57.8 Å². The summed E-state index contributed by atoms with van der Waals surface area (Å²) in [6, 6.07) is 0.508. The van der Waals surface area contributed by atoms with Crippen molar-refractivity contribution in [2.75, 3.05) is 0 Å². The molecule has 2 saturated carbocycles. The van der Waals surface area contributed by atoms with Gasteiger partial charge in [0.2, 0.25) is 0 Å². The fraction of sp³-hybridized carbons (Fsp3) is 1.00. The van der Waals surface area contributed by atoms with Crippen molar-refractivity contribution in [3.63, 3.8) is 0 Å². The van der Waals surface area contributed by atoms with E-state index in [1.807, 2.05) is 0 Å². The molecular formula is C16H31N. The van der Waals surface area contributed by atoms with E-state index < -0.39 is 0 Å². The smallest absolute Gasteiger partial charge is 0.00672 e. The molecule has 2 rings (SSSR count). The van der Waals surface area contributed by atoms with E-state index in [0.29, 0.717) is 6.04 Å². The molecule has 1 nitrogen and oxygen atoms in total. The number of nitrogens with two attached hydrogens (primary N) is 1. The highest BCUT2D eigenvalue weighted by Crippen LogP contribution is 2.31. The van der Waals surface area contributed by atoms with Gasteiger partial charge in [-0.05, 0) is 37.5 Å². The van der Waals surface area contributed by atoms with Crippen LogP contribution < -0.4 is 5.73 Å². The molecule has 0 heterocycles. The first-order valence-corrected chi connectivity index (χ1v) is 8.12. The van der Waals surface area contributed by atoms with Crippen molar-refractivity contribution in [3.05, 3.63) is 0 Å². The lowest BCUT2D eigenvalue weighted by molar-refractivity contribution is 0.297. The Hall–Kier alpha value is -0.0400. The summed E-state index contributed by atoms with van der Waals surface area (Å²) >= 11 is 0. The van der Waals surface area contributed by atoms with Crippen LogP contribution in [0.3, 0.4) is 0 Å². The largest absolute Gasteiger partial charge is 0.327 e. The van der Waals surface area contributed by atoms with Gasteiger partial charge in [0.05, 0.1) is 0 Å². The van der Waals surface area contributed by atoms with Crippen LogP contribution in [0.4, 0.5) is 0 Å². The molecule has 100 valence electrons. The molecule has 0 spiro atoms. The summed E-state index contributed by atoms with van der Waals surface area (Å²) < 4.78 is 0. The zero-order valence-corrected chi connectivity index (χ0v) is 11.5. The molecule has 0 aliphatic heterocycles. The second kappa shape index (κ2) is 7.41. The molecule has 2 aliphatic rings. The lowest BCUT2D eigenvalue weighted by Gasteiger charge is -2.26. The van der Waals surface area contributed by atoms with E-state index in [0.717, 1.165) is 11.8 Å². The SMILES string of the molecule is NC(CCC1CCCC1)C1CCCCCCC1. The Morgan fingerprint density at radius 2 is 1.29 bits per heavy atom. The van der Waals surface area contributed by atoms with Crippen LogP contribution in [0, 0.1) is 11.8 Å². The van der Waals surface area contributed by atoms with Gasteiger partial charge in [0.25, 0.3) is 0 Å². The second-order valence-corrected chi connectivity index (χ2v) is 6.50. The Kier molecular flexibility index (Phi) is 5.84. The van der Waals surface area contributed by atoms with E-state index >= 15 is 0 Å². The summed E-state index contributed by atoms with van der Waals surface area (Å²) in [5, 5.41) is 0. The minimum atomic E-state index is 0.508. The average molecular weight is 237 g/mol. The highest BCUT2D eigenvalue weighted by Gasteiger charge is 2.21. The highest BCUT2D eigenvalue weighted by atomic mass is 14.6. The second-order valence-electron chi connectivity index (χ2n) is 6.50. The molecule has 1 heteroatoms. The fourth-order valence-electron chi connectivity index (χ4n) is 3.88. The Labute approximate surface area is 108 Å². The van der Waals surface area contributed by atoms with Gasteiger partial charge in [-0.25, -0.2) is 0 Å². The van der Waals surface area contributed by atoms with Crippen molar-refractivity contribution < 1.29 is 0 Å². The normalized spacial score (nSPS) is 26.6. The minimum Gasteiger partial charge on any atom is -0.327 e. The van der Waals surface area contributed by atoms with Crippen LogP contribution in [-0.4, -0.2) is 6.04 Å². The first kappa shape index (κ1) is 13.4. The average Bonchev–Trinajstić information content (AvgIpc) is 2.78. The van der Waals surface area contributed by atoms with Crippen molar-refractivity contribution in [1.82, 2.24) is 0 Å². The molecule has 1 atom stereocenters. The third kappa shape index (κ3) is 4.62. The zero-order valence-electron chi connectivity index (χ0n) is 11.5. The quantitative estimate of drug-likeness (QED) is 0.757. The predicted octanol–water partition coefficient (Wildman–Crippen LogP) is 4.64. The van der Waals surface area contributed by atoms with E-state index in [2.05, 4.69) is 0 Å². The van der Waals surface area contributed by atoms with E-state index in [1.165, 1.54) is 83.5 Å². The Bertz CT molecular complexity index is 188. The van der Waals surface area contributed by atoms with Gasteiger partial charge >= 0.3 is 0 Å². The van der Waals surface area contributed by atoms with Crippen LogP contribution in [0.5, 0.6) is 0 Å². The standard InChI is InChI=1S/C16H31N/c17-16(13-12-14-8-6-7-9-14)15-10-4-2-1-3-5-11-15/h14-16H,1-13,17H2. The first-order chi connectivity index (χ1) is 8.36. The predicted molar refractivity (Wildman–Crippen MR) is 75.0 cm³/mol. The van der Waals surface area contributed by atoms with E-state index in [-0.39, 0.29) is 0 Å². The molecular weight excluding hydrogens is 206 g/mol. The van der Waals surface area contributed by atoms with Gasteiger partial charge in [0, 0.05) is 6.04 Å². The van der Waals surface area contributed by atoms with E-state index in [1.54, 1.807) is 0 Å². The van der Waals surface area contributed by atoms with Gasteiger partial charge in [0.1, 0.15) is 0 Å². The summed E-state index contributed by atoms with van der Waals surface area (Å²) in [5.74, 6) is 1.87. The molecule has 0 aromatic heterocycles. The monoisotopic (exact) mass is 237 g/mol. The third-order valence-electron chi connectivity index (χ3n) is 5.14. The molecule has 2 aliphatic carbocycles. The zero-order chi connectivity index (χ0) is 11.9. The van der Waals surface area contributed by atoms with Gasteiger partial charge in [0.15, 0.2) is 0 Å². The van der Waals surface area contributed by atoms with Crippen LogP contribution in [0.15, 0.2) is 0 Å². The van der Waals surface area contributed by atoms with Crippen molar-refractivity contribution in [1.29, 1.82) is 0 Å². The van der Waals surface area contributed by atoms with Crippen LogP contribution in [0.2, 0.25) is 0 Å². The molecule has 0 aromatic rings. The lowest BCUT2D eigenvalue weighted by atomic mass is 9.83. The number of hydrogen-bond donors (Lipinski definition) is 1. The third-order valence-corrected chi connectivity index (χ3v) is 5.14. The number of hydrogen-bond acceptors (Lipinski definition) is 1.